The molecule has 0 fully saturated rings. The van der Waals surface area contributed by atoms with E-state index >= 15 is 0 Å². The Bertz CT molecular complexity index is 739. The molecule has 2 aromatic rings. The van der Waals surface area contributed by atoms with Crippen LogP contribution in [0.4, 0.5) is 0 Å². The van der Waals surface area contributed by atoms with Crippen molar-refractivity contribution >= 4 is 40.0 Å². The summed E-state index contributed by atoms with van der Waals surface area (Å²) in [5.74, 6) is -0.245. The number of hydrogen-bond acceptors (Lipinski definition) is 2. The Morgan fingerprint density at radius 3 is 2.81 bits per heavy atom. The molecule has 1 aromatic heterocycles. The predicted molar refractivity (Wildman–Crippen MR) is 83.7 cm³/mol. The smallest absolute Gasteiger partial charge is 0.248 e. The Hall–Kier alpha value is -1.23. The van der Waals surface area contributed by atoms with E-state index in [1.807, 2.05) is 20.0 Å². The predicted octanol–water partition coefficient (Wildman–Crippen LogP) is 2.75. The first-order chi connectivity index (χ1) is 9.95. The molecular weight excluding hydrogens is 311 g/mol. The van der Waals surface area contributed by atoms with Crippen molar-refractivity contribution in [3.63, 3.8) is 0 Å². The van der Waals surface area contributed by atoms with Crippen LogP contribution in [0.15, 0.2) is 12.1 Å². The van der Waals surface area contributed by atoms with Crippen molar-refractivity contribution in [1.82, 2.24) is 9.47 Å². The van der Waals surface area contributed by atoms with Gasteiger partial charge in [0.25, 0.3) is 0 Å². The van der Waals surface area contributed by atoms with Gasteiger partial charge in [0.15, 0.2) is 0 Å². The Balaban J connectivity index is 2.20. The maximum atomic E-state index is 11.9. The Labute approximate surface area is 132 Å². The molecule has 0 radical (unpaired) electrons. The minimum atomic E-state index is -0.461. The lowest BCUT2D eigenvalue weighted by Gasteiger charge is -2.33. The number of rotatable bonds is 1. The number of amides is 1. The van der Waals surface area contributed by atoms with Crippen LogP contribution in [0.25, 0.3) is 10.9 Å². The SMILES string of the molecule is C[C@@H]1Cc2c(c3ccc(Cl)c(Cl)c3n2C)CN1C(=O)CO. The lowest BCUT2D eigenvalue weighted by Crippen LogP contribution is -2.44. The van der Waals surface area contributed by atoms with E-state index in [0.29, 0.717) is 16.6 Å². The summed E-state index contributed by atoms with van der Waals surface area (Å²) in [5, 5.41) is 11.2. The van der Waals surface area contributed by atoms with E-state index < -0.39 is 6.61 Å². The zero-order valence-corrected chi connectivity index (χ0v) is 13.4. The highest BCUT2D eigenvalue weighted by molar-refractivity contribution is 6.45. The monoisotopic (exact) mass is 326 g/mol. The molecule has 0 saturated heterocycles. The van der Waals surface area contributed by atoms with Gasteiger partial charge < -0.3 is 14.6 Å². The number of aromatic nitrogens is 1. The first-order valence-corrected chi connectivity index (χ1v) is 7.55. The first-order valence-electron chi connectivity index (χ1n) is 6.80. The van der Waals surface area contributed by atoms with Gasteiger partial charge in [-0.25, -0.2) is 0 Å². The average Bonchev–Trinajstić information content (AvgIpc) is 2.74. The van der Waals surface area contributed by atoms with E-state index in [1.54, 1.807) is 11.0 Å². The van der Waals surface area contributed by atoms with Crippen LogP contribution in [0.5, 0.6) is 0 Å². The molecule has 1 aliphatic heterocycles. The molecule has 112 valence electrons. The van der Waals surface area contributed by atoms with Gasteiger partial charge in [-0.15, -0.1) is 0 Å². The van der Waals surface area contributed by atoms with E-state index in [4.69, 9.17) is 28.3 Å². The van der Waals surface area contributed by atoms with Crippen molar-refractivity contribution in [1.29, 1.82) is 0 Å². The standard InChI is InChI=1S/C15H16Cl2N2O2/c1-8-5-12-10(6-19(8)13(21)7-20)9-3-4-11(16)14(17)15(9)18(12)2/h3-4,8,20H,5-7H2,1-2H3/t8-/m1/s1. The normalized spacial score (nSPS) is 18.1. The molecule has 1 aromatic carbocycles. The fraction of sp³-hybridized carbons (Fsp3) is 0.400. The topological polar surface area (TPSA) is 45.5 Å². The van der Waals surface area contributed by atoms with Gasteiger partial charge in [0.1, 0.15) is 6.61 Å². The maximum absolute atomic E-state index is 11.9. The van der Waals surface area contributed by atoms with E-state index in [1.165, 1.54) is 5.69 Å². The molecule has 1 amide bonds. The van der Waals surface area contributed by atoms with Crippen molar-refractivity contribution in [2.75, 3.05) is 6.61 Å². The Kier molecular flexibility index (Phi) is 3.64. The van der Waals surface area contributed by atoms with Crippen LogP contribution in [0, 0.1) is 0 Å². The fourth-order valence-electron chi connectivity index (χ4n) is 3.18. The highest BCUT2D eigenvalue weighted by Crippen LogP contribution is 2.38. The summed E-state index contributed by atoms with van der Waals surface area (Å²) in [6, 6.07) is 3.78. The van der Waals surface area contributed by atoms with Crippen LogP contribution in [-0.2, 0) is 24.8 Å². The van der Waals surface area contributed by atoms with Gasteiger partial charge in [-0.1, -0.05) is 29.3 Å². The van der Waals surface area contributed by atoms with E-state index in [-0.39, 0.29) is 11.9 Å². The molecule has 0 bridgehead atoms. The van der Waals surface area contributed by atoms with Crippen molar-refractivity contribution in [2.45, 2.75) is 25.9 Å². The van der Waals surface area contributed by atoms with Crippen LogP contribution < -0.4 is 0 Å². The first kappa shape index (κ1) is 14.7. The minimum absolute atomic E-state index is 0.0504. The lowest BCUT2D eigenvalue weighted by atomic mass is 9.99. The molecule has 1 N–H and O–H groups in total. The number of hydrogen-bond donors (Lipinski definition) is 1. The summed E-state index contributed by atoms with van der Waals surface area (Å²) in [6.45, 7) is 2.02. The number of carbonyl (C=O) groups excluding carboxylic acids is 1. The van der Waals surface area contributed by atoms with Crippen LogP contribution in [0.3, 0.4) is 0 Å². The fourth-order valence-corrected chi connectivity index (χ4v) is 3.63. The van der Waals surface area contributed by atoms with Gasteiger partial charge in [-0.3, -0.25) is 4.79 Å². The molecule has 1 atom stereocenters. The number of aryl methyl sites for hydroxylation is 1. The second-order valence-corrected chi connectivity index (χ2v) is 6.26. The molecule has 4 nitrogen and oxygen atoms in total. The Morgan fingerprint density at radius 1 is 1.43 bits per heavy atom. The molecule has 1 aliphatic rings. The minimum Gasteiger partial charge on any atom is -0.387 e. The summed E-state index contributed by atoms with van der Waals surface area (Å²) < 4.78 is 2.07. The van der Waals surface area contributed by atoms with Gasteiger partial charge in [0.2, 0.25) is 5.91 Å². The van der Waals surface area contributed by atoms with Crippen LogP contribution in [0.2, 0.25) is 10.0 Å². The van der Waals surface area contributed by atoms with Crippen molar-refractivity contribution in [3.8, 4) is 0 Å². The van der Waals surface area contributed by atoms with Gasteiger partial charge in [-0.2, -0.15) is 0 Å². The van der Waals surface area contributed by atoms with Crippen LogP contribution in [-0.4, -0.2) is 33.1 Å². The summed E-state index contributed by atoms with van der Waals surface area (Å²) in [4.78, 5) is 13.6. The third-order valence-electron chi connectivity index (χ3n) is 4.29. The summed E-state index contributed by atoms with van der Waals surface area (Å²) in [7, 11) is 1.97. The molecule has 0 spiro atoms. The zero-order valence-electron chi connectivity index (χ0n) is 11.9. The second kappa shape index (κ2) is 5.20. The van der Waals surface area contributed by atoms with E-state index in [2.05, 4.69) is 4.57 Å². The molecule has 3 rings (SSSR count). The van der Waals surface area contributed by atoms with Gasteiger partial charge in [0, 0.05) is 42.7 Å². The third-order valence-corrected chi connectivity index (χ3v) is 5.08. The number of carbonyl (C=O) groups is 1. The highest BCUT2D eigenvalue weighted by atomic mass is 35.5. The van der Waals surface area contributed by atoms with E-state index in [0.717, 1.165) is 22.9 Å². The van der Waals surface area contributed by atoms with Crippen molar-refractivity contribution in [2.24, 2.45) is 7.05 Å². The van der Waals surface area contributed by atoms with Crippen molar-refractivity contribution in [3.05, 3.63) is 33.4 Å². The van der Waals surface area contributed by atoms with Crippen molar-refractivity contribution < 1.29 is 9.90 Å². The summed E-state index contributed by atoms with van der Waals surface area (Å²) in [6.07, 6.45) is 0.736. The maximum Gasteiger partial charge on any atom is 0.248 e. The molecule has 0 unspecified atom stereocenters. The third kappa shape index (κ3) is 2.13. The lowest BCUT2D eigenvalue weighted by molar-refractivity contribution is -0.137. The number of nitrogens with zero attached hydrogens (tertiary/aromatic N) is 2. The number of benzene rings is 1. The molecule has 6 heteroatoms. The number of aliphatic hydroxyl groups excluding tert-OH is 1. The summed E-state index contributed by atoms with van der Waals surface area (Å²) >= 11 is 12.5. The van der Waals surface area contributed by atoms with Gasteiger partial charge >= 0.3 is 0 Å². The quantitative estimate of drug-likeness (QED) is 0.875. The Morgan fingerprint density at radius 2 is 2.14 bits per heavy atom. The number of halogens is 2. The molecule has 2 heterocycles. The molecule has 0 saturated carbocycles. The molecule has 21 heavy (non-hydrogen) atoms. The van der Waals surface area contributed by atoms with Crippen LogP contribution >= 0.6 is 23.2 Å². The van der Waals surface area contributed by atoms with E-state index in [9.17, 15) is 4.79 Å². The number of aliphatic hydroxyl groups is 1. The van der Waals surface area contributed by atoms with Gasteiger partial charge in [0.05, 0.1) is 15.6 Å². The second-order valence-electron chi connectivity index (χ2n) is 5.47. The largest absolute Gasteiger partial charge is 0.387 e. The average molecular weight is 327 g/mol. The zero-order chi connectivity index (χ0) is 15.3. The molecular formula is C15H16Cl2N2O2. The summed E-state index contributed by atoms with van der Waals surface area (Å²) in [5.41, 5.74) is 3.16. The van der Waals surface area contributed by atoms with Gasteiger partial charge in [-0.05, 0) is 13.0 Å². The molecule has 0 aliphatic carbocycles. The highest BCUT2D eigenvalue weighted by Gasteiger charge is 2.30. The van der Waals surface area contributed by atoms with Crippen LogP contribution in [0.1, 0.15) is 18.2 Å². The number of fused-ring (bicyclic) bond motifs is 3.